The van der Waals surface area contributed by atoms with Crippen molar-refractivity contribution in [2.75, 3.05) is 46.5 Å². The summed E-state index contributed by atoms with van der Waals surface area (Å²) < 4.78 is 5.59. The molecule has 1 amide bonds. The fourth-order valence-corrected chi connectivity index (χ4v) is 3.38. The maximum atomic E-state index is 12.2. The van der Waals surface area contributed by atoms with Gasteiger partial charge in [0.25, 0.3) is 0 Å². The monoisotopic (exact) mass is 240 g/mol. The zero-order valence-corrected chi connectivity index (χ0v) is 10.4. The predicted molar refractivity (Wildman–Crippen MR) is 61.1 cm³/mol. The number of carbonyl (C=O) groups excluding carboxylic acids is 1. The van der Waals surface area contributed by atoms with Crippen LogP contribution in [0.25, 0.3) is 0 Å². The van der Waals surface area contributed by atoms with E-state index in [0.717, 1.165) is 39.3 Å². The Bertz CT molecular complexity index is 317. The second-order valence-corrected chi connectivity index (χ2v) is 5.63. The highest BCUT2D eigenvalue weighted by Gasteiger charge is 2.51. The number of rotatable bonds is 2. The zero-order valence-electron chi connectivity index (χ0n) is 10.4. The summed E-state index contributed by atoms with van der Waals surface area (Å²) in [7, 11) is 2.12. The van der Waals surface area contributed by atoms with Crippen LogP contribution in [0.4, 0.5) is 0 Å². The third-order valence-corrected chi connectivity index (χ3v) is 4.23. The average Bonchev–Trinajstić information content (AvgIpc) is 2.91. The van der Waals surface area contributed by atoms with Gasteiger partial charge in [0, 0.05) is 30.8 Å². The van der Waals surface area contributed by atoms with E-state index in [-0.39, 0.29) is 11.3 Å². The summed E-state index contributed by atoms with van der Waals surface area (Å²) in [5.74, 6) is 0.646. The zero-order chi connectivity index (χ0) is 11.9. The Kier molecular flexibility index (Phi) is 2.84. The average molecular weight is 240 g/mol. The fourth-order valence-electron chi connectivity index (χ4n) is 3.38. The maximum absolute atomic E-state index is 12.2. The first-order chi connectivity index (χ1) is 8.20. The topological polar surface area (TPSA) is 42.0 Å². The van der Waals surface area contributed by atoms with Crippen LogP contribution in [-0.4, -0.2) is 62.4 Å². The minimum Gasteiger partial charge on any atom is -0.380 e. The number of fused-ring (bicyclic) bond motifs is 1. The van der Waals surface area contributed by atoms with Crippen molar-refractivity contribution in [3.8, 4) is 0 Å². The first kappa shape index (κ1) is 11.4. The van der Waals surface area contributed by atoms with Crippen molar-refractivity contribution < 1.29 is 14.4 Å². The van der Waals surface area contributed by atoms with Gasteiger partial charge in [-0.3, -0.25) is 9.63 Å². The molecule has 3 aliphatic rings. The first-order valence-corrected chi connectivity index (χ1v) is 6.39. The molecule has 3 aliphatic heterocycles. The smallest absolute Gasteiger partial charge is 0.246 e. The van der Waals surface area contributed by atoms with Crippen LogP contribution in [-0.2, 0) is 14.4 Å². The van der Waals surface area contributed by atoms with Gasteiger partial charge in [0.15, 0.2) is 0 Å². The molecule has 0 aromatic rings. The summed E-state index contributed by atoms with van der Waals surface area (Å²) in [5, 5.41) is 1.54. The third-order valence-electron chi connectivity index (χ3n) is 4.23. The molecule has 3 heterocycles. The van der Waals surface area contributed by atoms with Gasteiger partial charge in [-0.2, -0.15) is 0 Å². The quantitative estimate of drug-likeness (QED) is 0.687. The highest BCUT2D eigenvalue weighted by atomic mass is 16.7. The van der Waals surface area contributed by atoms with Crippen molar-refractivity contribution in [3.63, 3.8) is 0 Å². The maximum Gasteiger partial charge on any atom is 0.246 e. The second kappa shape index (κ2) is 4.23. The summed E-state index contributed by atoms with van der Waals surface area (Å²) in [4.78, 5) is 19.8. The van der Waals surface area contributed by atoms with Gasteiger partial charge in [-0.1, -0.05) is 0 Å². The largest absolute Gasteiger partial charge is 0.380 e. The van der Waals surface area contributed by atoms with E-state index in [2.05, 4.69) is 11.9 Å². The van der Waals surface area contributed by atoms with Crippen LogP contribution >= 0.6 is 0 Å². The lowest BCUT2D eigenvalue weighted by Gasteiger charge is -2.27. The highest BCUT2D eigenvalue weighted by Crippen LogP contribution is 2.43. The molecule has 0 bridgehead atoms. The summed E-state index contributed by atoms with van der Waals surface area (Å²) >= 11 is 0. The van der Waals surface area contributed by atoms with E-state index in [4.69, 9.17) is 9.57 Å². The van der Waals surface area contributed by atoms with E-state index in [1.807, 2.05) is 0 Å². The number of likely N-dealkylation sites (tertiary alicyclic amines) is 1. The Morgan fingerprint density at radius 1 is 1.53 bits per heavy atom. The SMILES string of the molecule is CN1C[C@@H]2COC[C@]2(CC(=O)N2CCCO2)C1. The summed E-state index contributed by atoms with van der Waals surface area (Å²) in [5.41, 5.74) is 0.0395. The van der Waals surface area contributed by atoms with Gasteiger partial charge in [0.1, 0.15) is 0 Å². The molecule has 5 heteroatoms. The Balaban J connectivity index is 1.68. The molecule has 0 aromatic heterocycles. The highest BCUT2D eigenvalue weighted by molar-refractivity contribution is 5.76. The normalized spacial score (nSPS) is 37.7. The molecule has 2 atom stereocenters. The standard InChI is InChI=1S/C12H20N2O3/c1-13-6-10-7-16-9-12(10,8-13)5-11(15)14-3-2-4-17-14/h10H,2-9H2,1H3/t10-,12+/m1/s1. The number of carbonyl (C=O) groups is 1. The lowest BCUT2D eigenvalue weighted by Crippen LogP contribution is -2.38. The van der Waals surface area contributed by atoms with E-state index >= 15 is 0 Å². The van der Waals surface area contributed by atoms with E-state index in [0.29, 0.717) is 18.9 Å². The molecule has 17 heavy (non-hydrogen) atoms. The number of hydrogen-bond acceptors (Lipinski definition) is 4. The second-order valence-electron chi connectivity index (χ2n) is 5.63. The third kappa shape index (κ3) is 1.96. The van der Waals surface area contributed by atoms with Crippen molar-refractivity contribution in [2.45, 2.75) is 12.8 Å². The molecular weight excluding hydrogens is 220 g/mol. The van der Waals surface area contributed by atoms with Crippen LogP contribution in [0, 0.1) is 11.3 Å². The molecule has 0 aromatic carbocycles. The predicted octanol–water partition coefficient (Wildman–Crippen LogP) is 0.119. The molecule has 3 saturated heterocycles. The lowest BCUT2D eigenvalue weighted by atomic mass is 9.78. The molecule has 0 unspecified atom stereocenters. The van der Waals surface area contributed by atoms with Gasteiger partial charge in [-0.05, 0) is 13.5 Å². The van der Waals surface area contributed by atoms with Crippen molar-refractivity contribution in [1.29, 1.82) is 0 Å². The summed E-state index contributed by atoms with van der Waals surface area (Å²) in [6.07, 6.45) is 1.53. The van der Waals surface area contributed by atoms with Crippen LogP contribution in [0.3, 0.4) is 0 Å². The van der Waals surface area contributed by atoms with E-state index in [1.165, 1.54) is 0 Å². The molecule has 0 saturated carbocycles. The van der Waals surface area contributed by atoms with Gasteiger partial charge in [0.2, 0.25) is 5.91 Å². The fraction of sp³-hybridized carbons (Fsp3) is 0.917. The molecule has 5 nitrogen and oxygen atoms in total. The Labute approximate surface area is 102 Å². The molecule has 0 aliphatic carbocycles. The summed E-state index contributed by atoms with van der Waals surface area (Å²) in [6.45, 7) is 4.97. The van der Waals surface area contributed by atoms with Crippen molar-refractivity contribution in [3.05, 3.63) is 0 Å². The molecule has 0 N–H and O–H groups in total. The van der Waals surface area contributed by atoms with Gasteiger partial charge in [0.05, 0.1) is 26.4 Å². The number of ether oxygens (including phenoxy) is 1. The molecular formula is C12H20N2O3. The summed E-state index contributed by atoms with van der Waals surface area (Å²) in [6, 6.07) is 0. The minimum atomic E-state index is 0.0395. The van der Waals surface area contributed by atoms with E-state index in [9.17, 15) is 4.79 Å². The van der Waals surface area contributed by atoms with Gasteiger partial charge in [-0.15, -0.1) is 0 Å². The van der Waals surface area contributed by atoms with Crippen LogP contribution in [0.2, 0.25) is 0 Å². The van der Waals surface area contributed by atoms with Gasteiger partial charge in [-0.25, -0.2) is 5.06 Å². The number of hydrogen-bond donors (Lipinski definition) is 0. The molecule has 3 rings (SSSR count). The lowest BCUT2D eigenvalue weighted by molar-refractivity contribution is -0.171. The Hall–Kier alpha value is -0.650. The molecule has 0 spiro atoms. The van der Waals surface area contributed by atoms with Crippen molar-refractivity contribution in [2.24, 2.45) is 11.3 Å². The van der Waals surface area contributed by atoms with Gasteiger partial charge >= 0.3 is 0 Å². The van der Waals surface area contributed by atoms with E-state index < -0.39 is 0 Å². The van der Waals surface area contributed by atoms with Crippen LogP contribution < -0.4 is 0 Å². The van der Waals surface area contributed by atoms with Crippen molar-refractivity contribution >= 4 is 5.91 Å². The van der Waals surface area contributed by atoms with Crippen LogP contribution in [0.1, 0.15) is 12.8 Å². The number of hydroxylamine groups is 2. The van der Waals surface area contributed by atoms with Crippen LogP contribution in [0.5, 0.6) is 0 Å². The van der Waals surface area contributed by atoms with Crippen LogP contribution in [0.15, 0.2) is 0 Å². The molecule has 0 radical (unpaired) electrons. The number of amides is 1. The Morgan fingerprint density at radius 3 is 3.18 bits per heavy atom. The Morgan fingerprint density at radius 2 is 2.41 bits per heavy atom. The molecule has 96 valence electrons. The minimum absolute atomic E-state index is 0.0395. The van der Waals surface area contributed by atoms with Gasteiger partial charge < -0.3 is 9.64 Å². The first-order valence-electron chi connectivity index (χ1n) is 6.39. The molecule has 3 fully saturated rings. The van der Waals surface area contributed by atoms with E-state index in [1.54, 1.807) is 5.06 Å². The van der Waals surface area contributed by atoms with Crippen molar-refractivity contribution in [1.82, 2.24) is 9.96 Å². The number of nitrogens with zero attached hydrogens (tertiary/aromatic N) is 2.